The number of carboxylic acid groups (broad SMARTS) is 1. The standard InChI is InChI=1S/C16H12O3/c1-10-3-2-4-13-9-14(19-15(10)13)11-5-7-12(8-6-11)16(17)18/h2-9H,1H3,(H,17,18). The summed E-state index contributed by atoms with van der Waals surface area (Å²) < 4.78 is 5.84. The average Bonchev–Trinajstić information content (AvgIpc) is 2.84. The summed E-state index contributed by atoms with van der Waals surface area (Å²) >= 11 is 0. The molecule has 2 aromatic carbocycles. The molecule has 1 heterocycles. The van der Waals surface area contributed by atoms with Gasteiger partial charge in [-0.2, -0.15) is 0 Å². The minimum Gasteiger partial charge on any atom is -0.478 e. The second-order valence-corrected chi connectivity index (χ2v) is 4.49. The van der Waals surface area contributed by atoms with E-state index in [1.165, 1.54) is 0 Å². The van der Waals surface area contributed by atoms with Gasteiger partial charge in [0.15, 0.2) is 0 Å². The number of fused-ring (bicyclic) bond motifs is 1. The Bertz CT molecular complexity index is 751. The van der Waals surface area contributed by atoms with Crippen LogP contribution in [-0.2, 0) is 0 Å². The summed E-state index contributed by atoms with van der Waals surface area (Å²) in [6, 6.07) is 14.6. The first kappa shape index (κ1) is 11.5. The van der Waals surface area contributed by atoms with Crippen LogP contribution in [0.2, 0.25) is 0 Å². The fraction of sp³-hybridized carbons (Fsp3) is 0.0625. The van der Waals surface area contributed by atoms with Crippen LogP contribution in [0.1, 0.15) is 15.9 Å². The molecule has 0 atom stereocenters. The number of carboxylic acids is 1. The van der Waals surface area contributed by atoms with Crippen LogP contribution in [0.25, 0.3) is 22.3 Å². The van der Waals surface area contributed by atoms with Crippen molar-refractivity contribution in [2.24, 2.45) is 0 Å². The molecule has 0 fully saturated rings. The van der Waals surface area contributed by atoms with E-state index in [1.807, 2.05) is 31.2 Å². The van der Waals surface area contributed by atoms with Gasteiger partial charge < -0.3 is 9.52 Å². The second kappa shape index (κ2) is 4.28. The smallest absolute Gasteiger partial charge is 0.335 e. The van der Waals surface area contributed by atoms with E-state index in [0.29, 0.717) is 0 Å². The number of para-hydroxylation sites is 1. The van der Waals surface area contributed by atoms with Crippen LogP contribution in [0, 0.1) is 6.92 Å². The highest BCUT2D eigenvalue weighted by Gasteiger charge is 2.09. The Morgan fingerprint density at radius 3 is 2.47 bits per heavy atom. The lowest BCUT2D eigenvalue weighted by Gasteiger charge is -1.98. The predicted molar refractivity (Wildman–Crippen MR) is 73.3 cm³/mol. The summed E-state index contributed by atoms with van der Waals surface area (Å²) in [5.74, 6) is -0.173. The van der Waals surface area contributed by atoms with Gasteiger partial charge in [-0.3, -0.25) is 0 Å². The monoisotopic (exact) mass is 252 g/mol. The van der Waals surface area contributed by atoms with Gasteiger partial charge in [0.1, 0.15) is 11.3 Å². The molecule has 3 nitrogen and oxygen atoms in total. The molecule has 0 bridgehead atoms. The topological polar surface area (TPSA) is 50.4 Å². The van der Waals surface area contributed by atoms with Crippen molar-refractivity contribution in [3.8, 4) is 11.3 Å². The molecule has 0 amide bonds. The third kappa shape index (κ3) is 1.99. The molecule has 0 saturated heterocycles. The second-order valence-electron chi connectivity index (χ2n) is 4.49. The van der Waals surface area contributed by atoms with Crippen molar-refractivity contribution in [2.45, 2.75) is 6.92 Å². The molecule has 1 N–H and O–H groups in total. The molecule has 0 radical (unpaired) electrons. The van der Waals surface area contributed by atoms with Crippen LogP contribution in [0.5, 0.6) is 0 Å². The highest BCUT2D eigenvalue weighted by Crippen LogP contribution is 2.29. The molecule has 94 valence electrons. The van der Waals surface area contributed by atoms with Gasteiger partial charge in [0.25, 0.3) is 0 Å². The van der Waals surface area contributed by atoms with Gasteiger partial charge in [0.2, 0.25) is 0 Å². The van der Waals surface area contributed by atoms with Crippen molar-refractivity contribution in [2.75, 3.05) is 0 Å². The van der Waals surface area contributed by atoms with Crippen LogP contribution in [0.15, 0.2) is 52.9 Å². The van der Waals surface area contributed by atoms with Gasteiger partial charge in [-0.25, -0.2) is 4.79 Å². The molecule has 0 aliphatic carbocycles. The normalized spacial score (nSPS) is 10.8. The summed E-state index contributed by atoms with van der Waals surface area (Å²) in [6.45, 7) is 2.00. The lowest BCUT2D eigenvalue weighted by molar-refractivity contribution is 0.0697. The van der Waals surface area contributed by atoms with E-state index < -0.39 is 5.97 Å². The molecular formula is C16H12O3. The fourth-order valence-corrected chi connectivity index (χ4v) is 2.13. The summed E-state index contributed by atoms with van der Waals surface area (Å²) in [7, 11) is 0. The summed E-state index contributed by atoms with van der Waals surface area (Å²) in [6.07, 6.45) is 0. The number of benzene rings is 2. The molecule has 0 saturated carbocycles. The van der Waals surface area contributed by atoms with E-state index >= 15 is 0 Å². The molecule has 1 aromatic heterocycles. The minimum absolute atomic E-state index is 0.274. The number of aromatic carboxylic acids is 1. The van der Waals surface area contributed by atoms with E-state index in [1.54, 1.807) is 24.3 Å². The van der Waals surface area contributed by atoms with E-state index in [9.17, 15) is 4.79 Å². The van der Waals surface area contributed by atoms with Crippen molar-refractivity contribution in [1.29, 1.82) is 0 Å². The van der Waals surface area contributed by atoms with Crippen LogP contribution in [0.4, 0.5) is 0 Å². The van der Waals surface area contributed by atoms with Crippen molar-refractivity contribution in [3.05, 3.63) is 59.7 Å². The third-order valence-electron chi connectivity index (χ3n) is 3.16. The van der Waals surface area contributed by atoms with E-state index in [2.05, 4.69) is 0 Å². The lowest BCUT2D eigenvalue weighted by atomic mass is 10.1. The van der Waals surface area contributed by atoms with E-state index in [4.69, 9.17) is 9.52 Å². The van der Waals surface area contributed by atoms with Crippen molar-refractivity contribution < 1.29 is 14.3 Å². The number of furan rings is 1. The Kier molecular flexibility index (Phi) is 2.60. The summed E-state index contributed by atoms with van der Waals surface area (Å²) in [5, 5.41) is 9.93. The first-order valence-corrected chi connectivity index (χ1v) is 5.98. The number of hydrogen-bond donors (Lipinski definition) is 1. The van der Waals surface area contributed by atoms with Gasteiger partial charge in [0.05, 0.1) is 5.56 Å². The van der Waals surface area contributed by atoms with Crippen molar-refractivity contribution in [3.63, 3.8) is 0 Å². The predicted octanol–water partition coefficient (Wildman–Crippen LogP) is 4.11. The molecule has 0 spiro atoms. The van der Waals surface area contributed by atoms with Crippen LogP contribution >= 0.6 is 0 Å². The van der Waals surface area contributed by atoms with E-state index in [0.717, 1.165) is 27.9 Å². The zero-order valence-electron chi connectivity index (χ0n) is 10.4. The number of aryl methyl sites for hydroxylation is 1. The van der Waals surface area contributed by atoms with Crippen molar-refractivity contribution >= 4 is 16.9 Å². The Balaban J connectivity index is 2.09. The van der Waals surface area contributed by atoms with Crippen molar-refractivity contribution in [1.82, 2.24) is 0 Å². The Labute approximate surface area is 110 Å². The lowest BCUT2D eigenvalue weighted by Crippen LogP contribution is -1.94. The first-order valence-electron chi connectivity index (χ1n) is 5.98. The largest absolute Gasteiger partial charge is 0.478 e. The Morgan fingerprint density at radius 1 is 1.11 bits per heavy atom. The SMILES string of the molecule is Cc1cccc2cc(-c3ccc(C(=O)O)cc3)oc12. The molecule has 0 unspecified atom stereocenters. The molecule has 19 heavy (non-hydrogen) atoms. The number of hydrogen-bond acceptors (Lipinski definition) is 2. The molecular weight excluding hydrogens is 240 g/mol. The summed E-state index contributed by atoms with van der Waals surface area (Å²) in [5.41, 5.74) is 3.11. The maximum absolute atomic E-state index is 10.8. The zero-order chi connectivity index (χ0) is 13.4. The molecule has 0 aliphatic heterocycles. The molecule has 3 aromatic rings. The molecule has 3 rings (SSSR count). The zero-order valence-corrected chi connectivity index (χ0v) is 10.4. The molecule has 3 heteroatoms. The Hall–Kier alpha value is -2.55. The van der Waals surface area contributed by atoms with E-state index in [-0.39, 0.29) is 5.56 Å². The number of carbonyl (C=O) groups is 1. The number of rotatable bonds is 2. The van der Waals surface area contributed by atoms with Gasteiger partial charge >= 0.3 is 5.97 Å². The summed E-state index contributed by atoms with van der Waals surface area (Å²) in [4.78, 5) is 10.8. The first-order chi connectivity index (χ1) is 9.15. The Morgan fingerprint density at radius 2 is 1.84 bits per heavy atom. The van der Waals surface area contributed by atoms with Gasteiger partial charge in [-0.05, 0) is 30.7 Å². The van der Waals surface area contributed by atoms with Crippen LogP contribution in [0.3, 0.4) is 0 Å². The molecule has 0 aliphatic rings. The quantitative estimate of drug-likeness (QED) is 0.746. The van der Waals surface area contributed by atoms with Gasteiger partial charge in [-0.1, -0.05) is 30.3 Å². The van der Waals surface area contributed by atoms with Crippen LogP contribution < -0.4 is 0 Å². The fourth-order valence-electron chi connectivity index (χ4n) is 2.13. The van der Waals surface area contributed by atoms with Gasteiger partial charge in [0, 0.05) is 10.9 Å². The van der Waals surface area contributed by atoms with Gasteiger partial charge in [-0.15, -0.1) is 0 Å². The highest BCUT2D eigenvalue weighted by molar-refractivity contribution is 5.89. The maximum Gasteiger partial charge on any atom is 0.335 e. The van der Waals surface area contributed by atoms with Crippen LogP contribution in [-0.4, -0.2) is 11.1 Å². The maximum atomic E-state index is 10.8. The highest BCUT2D eigenvalue weighted by atomic mass is 16.4. The average molecular weight is 252 g/mol. The minimum atomic E-state index is -0.924. The third-order valence-corrected chi connectivity index (χ3v) is 3.16.